The second kappa shape index (κ2) is 8.96. The summed E-state index contributed by atoms with van der Waals surface area (Å²) >= 11 is 0. The van der Waals surface area contributed by atoms with Crippen molar-refractivity contribution in [1.29, 1.82) is 0 Å². The van der Waals surface area contributed by atoms with Crippen LogP contribution in [0, 0.1) is 11.3 Å². The number of carbonyl (C=O) groups is 2. The topological polar surface area (TPSA) is 71.0 Å². The van der Waals surface area contributed by atoms with E-state index in [0.29, 0.717) is 0 Å². The number of aryl methyl sites for hydroxylation is 3. The molecule has 6 heteroatoms. The van der Waals surface area contributed by atoms with Crippen LogP contribution in [0.25, 0.3) is 0 Å². The van der Waals surface area contributed by atoms with Crippen molar-refractivity contribution in [2.45, 2.75) is 89.7 Å². The van der Waals surface area contributed by atoms with Crippen LogP contribution in [0.15, 0.2) is 47.5 Å². The molecule has 3 aliphatic carbocycles. The van der Waals surface area contributed by atoms with E-state index in [1.807, 2.05) is 20.8 Å². The van der Waals surface area contributed by atoms with Gasteiger partial charge >= 0.3 is 6.09 Å². The molecule has 1 saturated carbocycles. The Kier molecular flexibility index (Phi) is 5.93. The highest BCUT2D eigenvalue weighted by molar-refractivity contribution is 6.12. The number of hydrogen-bond acceptors (Lipinski definition) is 4. The van der Waals surface area contributed by atoms with Gasteiger partial charge in [0.2, 0.25) is 5.96 Å². The van der Waals surface area contributed by atoms with Gasteiger partial charge in [-0.25, -0.2) is 9.79 Å². The van der Waals surface area contributed by atoms with Gasteiger partial charge in [-0.05, 0) is 99.5 Å². The van der Waals surface area contributed by atoms with E-state index in [-0.39, 0.29) is 17.3 Å². The monoisotopic (exact) mass is 513 g/mol. The van der Waals surface area contributed by atoms with E-state index in [2.05, 4.69) is 47.8 Å². The summed E-state index contributed by atoms with van der Waals surface area (Å²) in [6, 6.07) is 15.4. The van der Waals surface area contributed by atoms with Crippen LogP contribution in [0.4, 0.5) is 4.79 Å². The zero-order valence-corrected chi connectivity index (χ0v) is 23.1. The first-order chi connectivity index (χ1) is 18.1. The molecule has 1 heterocycles. The van der Waals surface area contributed by atoms with Crippen molar-refractivity contribution in [1.82, 2.24) is 10.2 Å². The van der Waals surface area contributed by atoms with Crippen molar-refractivity contribution >= 4 is 18.0 Å². The van der Waals surface area contributed by atoms with Crippen LogP contribution in [0.1, 0.15) is 80.7 Å². The third-order valence-corrected chi connectivity index (χ3v) is 9.08. The van der Waals surface area contributed by atoms with Gasteiger partial charge < -0.3 is 4.74 Å². The number of rotatable bonds is 3. The van der Waals surface area contributed by atoms with Gasteiger partial charge in [-0.3, -0.25) is 15.0 Å². The smallest absolute Gasteiger partial charge is 0.414 e. The third-order valence-electron chi connectivity index (χ3n) is 9.08. The van der Waals surface area contributed by atoms with Crippen molar-refractivity contribution in [2.75, 3.05) is 7.05 Å². The summed E-state index contributed by atoms with van der Waals surface area (Å²) in [5.74, 6) is 1.08. The average Bonchev–Trinajstić information content (AvgIpc) is 3.64. The molecule has 4 aliphatic rings. The minimum absolute atomic E-state index is 0.0485. The Hall–Kier alpha value is -3.15. The number of hydrogen-bond donors (Lipinski definition) is 1. The number of fused-ring (bicyclic) bond motifs is 4. The fourth-order valence-electron chi connectivity index (χ4n) is 6.93. The lowest BCUT2D eigenvalue weighted by Gasteiger charge is -2.40. The Labute approximate surface area is 225 Å². The van der Waals surface area contributed by atoms with E-state index in [1.54, 1.807) is 7.05 Å². The largest absolute Gasteiger partial charge is 0.444 e. The molecule has 0 bridgehead atoms. The van der Waals surface area contributed by atoms with Crippen LogP contribution < -0.4 is 5.32 Å². The number of ether oxygens (including phenoxy) is 1. The Morgan fingerprint density at radius 1 is 1.08 bits per heavy atom. The molecule has 0 aromatic heterocycles. The number of likely N-dealkylation sites (N-methyl/N-ethyl adjacent to an activating group) is 1. The van der Waals surface area contributed by atoms with Crippen LogP contribution in [-0.2, 0) is 40.8 Å². The molecule has 1 unspecified atom stereocenters. The molecule has 2 spiro atoms. The molecule has 2 aromatic rings. The van der Waals surface area contributed by atoms with Crippen molar-refractivity contribution < 1.29 is 14.3 Å². The predicted molar refractivity (Wildman–Crippen MR) is 148 cm³/mol. The summed E-state index contributed by atoms with van der Waals surface area (Å²) in [4.78, 5) is 33.9. The second-order valence-electron chi connectivity index (χ2n) is 12.8. The Balaban J connectivity index is 1.43. The first kappa shape index (κ1) is 25.1. The highest BCUT2D eigenvalue weighted by Crippen LogP contribution is 2.61. The molecule has 2 aromatic carbocycles. The van der Waals surface area contributed by atoms with Crippen molar-refractivity contribution in [2.24, 2.45) is 16.3 Å². The maximum Gasteiger partial charge on any atom is 0.414 e. The Morgan fingerprint density at radius 2 is 1.76 bits per heavy atom. The summed E-state index contributed by atoms with van der Waals surface area (Å²) in [6.45, 7) is 5.48. The van der Waals surface area contributed by atoms with E-state index in [9.17, 15) is 9.59 Å². The Bertz CT molecular complexity index is 1290. The van der Waals surface area contributed by atoms with Gasteiger partial charge in [-0.2, -0.15) is 0 Å². The normalized spacial score (nSPS) is 23.7. The standard InChI is InChI=1S/C32H39N3O3/c1-30(2,3)38-29(37)33-28-34-32(27(36)35(28)4)26-19-22(12-11-21-9-10-21)13-14-25(26)20-31(32)17-15-23-7-5-6-8-24(23)16-18-31/h5-8,13-14,19,21H,9-12,15-18,20H2,1-4H3,(H,33,34,37). The lowest BCUT2D eigenvalue weighted by molar-refractivity contribution is -0.135. The van der Waals surface area contributed by atoms with E-state index in [4.69, 9.17) is 9.73 Å². The highest BCUT2D eigenvalue weighted by atomic mass is 16.6. The summed E-state index contributed by atoms with van der Waals surface area (Å²) < 4.78 is 5.51. The number of nitrogens with zero attached hydrogens (tertiary/aromatic N) is 2. The number of alkyl carbamates (subject to hydrolysis) is 1. The molecule has 1 aliphatic heterocycles. The predicted octanol–water partition coefficient (Wildman–Crippen LogP) is 5.70. The van der Waals surface area contributed by atoms with E-state index in [0.717, 1.165) is 50.0 Å². The molecule has 200 valence electrons. The second-order valence-corrected chi connectivity index (χ2v) is 12.8. The molecule has 6 rings (SSSR count). The van der Waals surface area contributed by atoms with Crippen molar-refractivity contribution in [3.8, 4) is 0 Å². The van der Waals surface area contributed by atoms with Crippen LogP contribution >= 0.6 is 0 Å². The molecule has 2 amide bonds. The highest BCUT2D eigenvalue weighted by Gasteiger charge is 2.66. The van der Waals surface area contributed by atoms with E-state index >= 15 is 0 Å². The lowest BCUT2D eigenvalue weighted by atomic mass is 9.65. The average molecular weight is 514 g/mol. The van der Waals surface area contributed by atoms with Crippen LogP contribution in [-0.4, -0.2) is 35.5 Å². The maximum atomic E-state index is 14.4. The zero-order valence-electron chi connectivity index (χ0n) is 23.1. The van der Waals surface area contributed by atoms with E-state index in [1.165, 1.54) is 46.4 Å². The van der Waals surface area contributed by atoms with Gasteiger partial charge in [0.1, 0.15) is 5.60 Å². The number of nitrogens with one attached hydrogen (secondary N) is 1. The van der Waals surface area contributed by atoms with Gasteiger partial charge in [0.05, 0.1) is 0 Å². The summed E-state index contributed by atoms with van der Waals surface area (Å²) in [5, 5.41) is 2.81. The third kappa shape index (κ3) is 4.22. The summed E-state index contributed by atoms with van der Waals surface area (Å²) in [5.41, 5.74) is 4.23. The minimum atomic E-state index is -1.04. The molecule has 1 fully saturated rings. The molecule has 1 atom stereocenters. The van der Waals surface area contributed by atoms with Gasteiger partial charge in [0, 0.05) is 12.5 Å². The molecule has 0 saturated heterocycles. The van der Waals surface area contributed by atoms with Crippen LogP contribution in [0.2, 0.25) is 0 Å². The number of aliphatic imine (C=N–C) groups is 1. The number of benzene rings is 2. The fraction of sp³-hybridized carbons (Fsp3) is 0.531. The first-order valence-electron chi connectivity index (χ1n) is 14.2. The SMILES string of the molecule is CN1C(=O)C2(N=C1NC(=O)OC(C)(C)C)c1cc(CCC3CC3)ccc1CC21CCc2ccccc2CC1. The molecule has 0 radical (unpaired) electrons. The number of guanidine groups is 1. The van der Waals surface area contributed by atoms with Gasteiger partial charge in [-0.1, -0.05) is 55.3 Å². The lowest BCUT2D eigenvalue weighted by Crippen LogP contribution is -2.50. The number of carbonyl (C=O) groups excluding carboxylic acids is 2. The van der Waals surface area contributed by atoms with Crippen molar-refractivity contribution in [3.05, 3.63) is 70.3 Å². The van der Waals surface area contributed by atoms with Crippen LogP contribution in [0.5, 0.6) is 0 Å². The van der Waals surface area contributed by atoms with Gasteiger partial charge in [0.15, 0.2) is 5.54 Å². The summed E-state index contributed by atoms with van der Waals surface area (Å²) in [7, 11) is 1.72. The first-order valence-corrected chi connectivity index (χ1v) is 14.2. The quantitative estimate of drug-likeness (QED) is 0.572. The molecule has 38 heavy (non-hydrogen) atoms. The molecular formula is C32H39N3O3. The van der Waals surface area contributed by atoms with E-state index < -0.39 is 17.2 Å². The van der Waals surface area contributed by atoms with Gasteiger partial charge in [0.25, 0.3) is 5.91 Å². The summed E-state index contributed by atoms with van der Waals surface area (Å²) in [6.07, 6.45) is 8.73. The molecule has 6 nitrogen and oxygen atoms in total. The fourth-order valence-corrected chi connectivity index (χ4v) is 6.93. The van der Waals surface area contributed by atoms with Crippen LogP contribution in [0.3, 0.4) is 0 Å². The minimum Gasteiger partial charge on any atom is -0.444 e. The zero-order chi connectivity index (χ0) is 26.7. The molecule has 1 N–H and O–H groups in total. The van der Waals surface area contributed by atoms with Crippen molar-refractivity contribution in [3.63, 3.8) is 0 Å². The van der Waals surface area contributed by atoms with Gasteiger partial charge in [-0.15, -0.1) is 0 Å². The number of amides is 2. The maximum absolute atomic E-state index is 14.4. The molecular weight excluding hydrogens is 474 g/mol. The Morgan fingerprint density at radius 3 is 2.39 bits per heavy atom.